The first-order valence-electron chi connectivity index (χ1n) is 8.03. The van der Waals surface area contributed by atoms with Gasteiger partial charge in [0.2, 0.25) is 0 Å². The van der Waals surface area contributed by atoms with Gasteiger partial charge in [-0.3, -0.25) is 0 Å². The van der Waals surface area contributed by atoms with Crippen LogP contribution >= 0.6 is 11.8 Å². The Balaban J connectivity index is 1.59. The van der Waals surface area contributed by atoms with Crippen molar-refractivity contribution in [2.24, 2.45) is 7.05 Å². The number of rotatable bonds is 6. The molecule has 0 radical (unpaired) electrons. The van der Waals surface area contributed by atoms with Crippen LogP contribution in [0.1, 0.15) is 11.1 Å². The van der Waals surface area contributed by atoms with E-state index in [0.717, 1.165) is 33.6 Å². The molecule has 0 atom stereocenters. The minimum Gasteiger partial charge on any atom is -0.492 e. The molecule has 3 aromatic rings. The van der Waals surface area contributed by atoms with Gasteiger partial charge in [-0.15, -0.1) is 10.2 Å². The average Bonchev–Trinajstić information content (AvgIpc) is 2.96. The van der Waals surface area contributed by atoms with Crippen molar-refractivity contribution in [3.8, 4) is 17.1 Å². The van der Waals surface area contributed by atoms with Gasteiger partial charge in [-0.2, -0.15) is 0 Å². The Morgan fingerprint density at radius 3 is 2.60 bits per heavy atom. The number of ether oxygens (including phenoxy) is 1. The highest BCUT2D eigenvalue weighted by Gasteiger charge is 2.11. The maximum atomic E-state index is 13.0. The molecular weight excluding hydrogens is 337 g/mol. The summed E-state index contributed by atoms with van der Waals surface area (Å²) in [5, 5.41) is 9.23. The third kappa shape index (κ3) is 4.20. The van der Waals surface area contributed by atoms with Gasteiger partial charge in [0.05, 0.1) is 6.61 Å². The Morgan fingerprint density at radius 1 is 1.08 bits per heavy atom. The van der Waals surface area contributed by atoms with E-state index in [9.17, 15) is 4.39 Å². The zero-order valence-electron chi connectivity index (χ0n) is 14.5. The van der Waals surface area contributed by atoms with Gasteiger partial charge in [0, 0.05) is 18.4 Å². The first-order valence-corrected chi connectivity index (χ1v) is 9.01. The number of nitrogens with zero attached hydrogens (tertiary/aromatic N) is 3. The zero-order valence-corrected chi connectivity index (χ0v) is 15.3. The quantitative estimate of drug-likeness (QED) is 0.484. The van der Waals surface area contributed by atoms with Crippen LogP contribution in [0.2, 0.25) is 0 Å². The van der Waals surface area contributed by atoms with Crippen molar-refractivity contribution in [1.29, 1.82) is 0 Å². The van der Waals surface area contributed by atoms with Crippen LogP contribution in [-0.4, -0.2) is 27.1 Å². The summed E-state index contributed by atoms with van der Waals surface area (Å²) in [5.74, 6) is 2.15. The Morgan fingerprint density at radius 2 is 1.84 bits per heavy atom. The molecule has 1 aromatic heterocycles. The fourth-order valence-electron chi connectivity index (χ4n) is 2.44. The second-order valence-electron chi connectivity index (χ2n) is 5.84. The standard InChI is InChI=1S/C19H20FN3OS/c1-13-4-5-14(2)17(12-13)24-10-11-25-19-22-21-18(23(19)3)15-6-8-16(20)9-7-15/h4-9,12H,10-11H2,1-3H3. The van der Waals surface area contributed by atoms with Crippen molar-refractivity contribution in [2.45, 2.75) is 19.0 Å². The highest BCUT2D eigenvalue weighted by Crippen LogP contribution is 2.24. The van der Waals surface area contributed by atoms with E-state index in [-0.39, 0.29) is 5.82 Å². The molecule has 0 N–H and O–H groups in total. The summed E-state index contributed by atoms with van der Waals surface area (Å²) in [6.07, 6.45) is 0. The minimum atomic E-state index is -0.260. The molecule has 0 amide bonds. The first-order chi connectivity index (χ1) is 12.0. The fourth-order valence-corrected chi connectivity index (χ4v) is 3.17. The molecule has 3 rings (SSSR count). The molecule has 0 fully saturated rings. The molecule has 25 heavy (non-hydrogen) atoms. The van der Waals surface area contributed by atoms with Crippen LogP contribution in [0.4, 0.5) is 4.39 Å². The van der Waals surface area contributed by atoms with Crippen molar-refractivity contribution in [3.05, 3.63) is 59.4 Å². The highest BCUT2D eigenvalue weighted by atomic mass is 32.2. The predicted octanol–water partition coefficient (Wildman–Crippen LogP) is 4.41. The maximum absolute atomic E-state index is 13.0. The van der Waals surface area contributed by atoms with Gasteiger partial charge in [-0.1, -0.05) is 23.9 Å². The van der Waals surface area contributed by atoms with Gasteiger partial charge in [0.1, 0.15) is 11.6 Å². The van der Waals surface area contributed by atoms with Crippen LogP contribution in [0.3, 0.4) is 0 Å². The summed E-state index contributed by atoms with van der Waals surface area (Å²) in [7, 11) is 1.91. The molecule has 0 bridgehead atoms. The third-order valence-corrected chi connectivity index (χ3v) is 4.84. The Kier molecular flexibility index (Phi) is 5.38. The molecule has 1 heterocycles. The van der Waals surface area contributed by atoms with E-state index in [1.165, 1.54) is 17.7 Å². The van der Waals surface area contributed by atoms with E-state index >= 15 is 0 Å². The molecule has 0 saturated heterocycles. The van der Waals surface area contributed by atoms with Crippen LogP contribution in [0.25, 0.3) is 11.4 Å². The van der Waals surface area contributed by atoms with Crippen LogP contribution in [0.15, 0.2) is 47.6 Å². The van der Waals surface area contributed by atoms with Crippen molar-refractivity contribution >= 4 is 11.8 Å². The van der Waals surface area contributed by atoms with Gasteiger partial charge in [-0.05, 0) is 55.3 Å². The summed E-state index contributed by atoms with van der Waals surface area (Å²) in [5.41, 5.74) is 3.16. The van der Waals surface area contributed by atoms with Crippen molar-refractivity contribution in [1.82, 2.24) is 14.8 Å². The number of aryl methyl sites for hydroxylation is 2. The normalized spacial score (nSPS) is 10.9. The molecule has 130 valence electrons. The lowest BCUT2D eigenvalue weighted by Crippen LogP contribution is -2.03. The van der Waals surface area contributed by atoms with Crippen LogP contribution in [0, 0.1) is 19.7 Å². The number of hydrogen-bond acceptors (Lipinski definition) is 4. The van der Waals surface area contributed by atoms with Crippen molar-refractivity contribution in [2.75, 3.05) is 12.4 Å². The number of thioether (sulfide) groups is 1. The van der Waals surface area contributed by atoms with Crippen LogP contribution in [-0.2, 0) is 7.05 Å². The van der Waals surface area contributed by atoms with Gasteiger partial charge in [0.25, 0.3) is 0 Å². The van der Waals surface area contributed by atoms with Gasteiger partial charge < -0.3 is 9.30 Å². The molecule has 0 spiro atoms. The second-order valence-corrected chi connectivity index (χ2v) is 6.90. The lowest BCUT2D eigenvalue weighted by molar-refractivity contribution is 0.341. The zero-order chi connectivity index (χ0) is 17.8. The Labute approximate surface area is 151 Å². The van der Waals surface area contributed by atoms with E-state index in [2.05, 4.69) is 35.3 Å². The van der Waals surface area contributed by atoms with E-state index < -0.39 is 0 Å². The number of hydrogen-bond donors (Lipinski definition) is 0. The largest absolute Gasteiger partial charge is 0.492 e. The molecule has 4 nitrogen and oxygen atoms in total. The highest BCUT2D eigenvalue weighted by molar-refractivity contribution is 7.99. The molecule has 0 saturated carbocycles. The SMILES string of the molecule is Cc1ccc(C)c(OCCSc2nnc(-c3ccc(F)cc3)n2C)c1. The molecule has 6 heteroatoms. The predicted molar refractivity (Wildman–Crippen MR) is 98.5 cm³/mol. The monoisotopic (exact) mass is 357 g/mol. The van der Waals surface area contributed by atoms with Crippen molar-refractivity contribution < 1.29 is 9.13 Å². The lowest BCUT2D eigenvalue weighted by atomic mass is 10.1. The van der Waals surface area contributed by atoms with Gasteiger partial charge in [0.15, 0.2) is 11.0 Å². The number of halogens is 1. The minimum absolute atomic E-state index is 0.260. The molecule has 0 aliphatic heterocycles. The van der Waals surface area contributed by atoms with E-state index in [1.54, 1.807) is 23.9 Å². The van der Waals surface area contributed by atoms with Crippen molar-refractivity contribution in [3.63, 3.8) is 0 Å². The molecule has 2 aromatic carbocycles. The molecule has 0 aliphatic carbocycles. The van der Waals surface area contributed by atoms with E-state index in [1.807, 2.05) is 18.5 Å². The first kappa shape index (κ1) is 17.5. The van der Waals surface area contributed by atoms with E-state index in [0.29, 0.717) is 6.61 Å². The molecular formula is C19H20FN3OS. The topological polar surface area (TPSA) is 39.9 Å². The second kappa shape index (κ2) is 7.70. The summed E-state index contributed by atoms with van der Waals surface area (Å²) in [4.78, 5) is 0. The van der Waals surface area contributed by atoms with Gasteiger partial charge >= 0.3 is 0 Å². The van der Waals surface area contributed by atoms with Gasteiger partial charge in [-0.25, -0.2) is 4.39 Å². The lowest BCUT2D eigenvalue weighted by Gasteiger charge is -2.09. The van der Waals surface area contributed by atoms with E-state index in [4.69, 9.17) is 4.74 Å². The number of benzene rings is 2. The third-order valence-electron chi connectivity index (χ3n) is 3.85. The summed E-state index contributed by atoms with van der Waals surface area (Å²) in [6, 6.07) is 12.5. The summed E-state index contributed by atoms with van der Waals surface area (Å²) in [6.45, 7) is 4.69. The smallest absolute Gasteiger partial charge is 0.191 e. The van der Waals surface area contributed by atoms with Crippen LogP contribution in [0.5, 0.6) is 5.75 Å². The maximum Gasteiger partial charge on any atom is 0.191 e. The summed E-state index contributed by atoms with van der Waals surface area (Å²) >= 11 is 1.59. The molecule has 0 unspecified atom stereocenters. The number of aromatic nitrogens is 3. The Hall–Kier alpha value is -2.34. The van der Waals surface area contributed by atoms with Crippen LogP contribution < -0.4 is 4.74 Å². The average molecular weight is 357 g/mol. The Bertz CT molecular complexity index is 862. The summed E-state index contributed by atoms with van der Waals surface area (Å²) < 4.78 is 20.8. The fraction of sp³-hybridized carbons (Fsp3) is 0.263. The molecule has 0 aliphatic rings.